The Kier molecular flexibility index (Phi) is 6.21. The van der Waals surface area contributed by atoms with E-state index in [4.69, 9.17) is 0 Å². The molecular weight excluding hydrogens is 422 g/mol. The molecule has 160 valence electrons. The van der Waals surface area contributed by atoms with Crippen molar-refractivity contribution >= 4 is 33.2 Å². The lowest BCUT2D eigenvalue weighted by atomic mass is 10.1. The van der Waals surface area contributed by atoms with Gasteiger partial charge >= 0.3 is 0 Å². The number of thiophene rings is 1. The molecule has 0 unspecified atom stereocenters. The maximum atomic E-state index is 12.8. The van der Waals surface area contributed by atoms with Crippen molar-refractivity contribution in [3.63, 3.8) is 0 Å². The lowest BCUT2D eigenvalue weighted by molar-refractivity contribution is -0.124. The lowest BCUT2D eigenvalue weighted by Gasteiger charge is -2.22. The van der Waals surface area contributed by atoms with Crippen LogP contribution >= 0.6 is 11.3 Å². The Morgan fingerprint density at radius 3 is 2.60 bits per heavy atom. The highest BCUT2D eigenvalue weighted by Crippen LogP contribution is 2.28. The van der Waals surface area contributed by atoms with Gasteiger partial charge in [0.05, 0.1) is 0 Å². The fraction of sp³-hybridized carbons (Fsp3) is 0.429. The van der Waals surface area contributed by atoms with Crippen LogP contribution in [0.4, 0.5) is 0 Å². The van der Waals surface area contributed by atoms with E-state index in [0.29, 0.717) is 24.9 Å². The Bertz CT molecular complexity index is 1010. The minimum absolute atomic E-state index is 0.0182. The zero-order chi connectivity index (χ0) is 21.1. The van der Waals surface area contributed by atoms with Gasteiger partial charge < -0.3 is 10.2 Å². The predicted molar refractivity (Wildman–Crippen MR) is 115 cm³/mol. The lowest BCUT2D eigenvalue weighted by Crippen LogP contribution is -2.45. The van der Waals surface area contributed by atoms with Crippen LogP contribution in [0.1, 0.15) is 41.6 Å². The molecule has 9 heteroatoms. The van der Waals surface area contributed by atoms with Crippen LogP contribution < -0.4 is 5.32 Å². The first kappa shape index (κ1) is 21.0. The smallest absolute Gasteiger partial charge is 0.253 e. The standard InChI is InChI=1S/C21H25N3O4S2/c25-20(18-8-4-12-24(18)30(27,28)19-9-5-13-29-19)22-15-16-6-3-7-17(14-16)21(26)23-10-1-2-11-23/h3,5-7,9,13-14,18H,1-2,4,8,10-12,15H2,(H,22,25)/t18-/m0/s1. The normalized spacial score (nSPS) is 19.9. The molecule has 3 heterocycles. The van der Waals surface area contributed by atoms with Gasteiger partial charge in [0.2, 0.25) is 5.91 Å². The first-order chi connectivity index (χ1) is 14.5. The maximum absolute atomic E-state index is 12.8. The van der Waals surface area contributed by atoms with E-state index in [1.54, 1.807) is 29.6 Å². The molecule has 2 amide bonds. The van der Waals surface area contributed by atoms with Gasteiger partial charge in [-0.3, -0.25) is 9.59 Å². The van der Waals surface area contributed by atoms with Crippen LogP contribution in [-0.4, -0.2) is 55.1 Å². The van der Waals surface area contributed by atoms with Crippen LogP contribution in [0.15, 0.2) is 46.0 Å². The van der Waals surface area contributed by atoms with E-state index < -0.39 is 16.1 Å². The summed E-state index contributed by atoms with van der Waals surface area (Å²) in [6.45, 7) is 2.17. The monoisotopic (exact) mass is 447 g/mol. The molecule has 2 aromatic rings. The van der Waals surface area contributed by atoms with Crippen molar-refractivity contribution in [3.05, 3.63) is 52.9 Å². The summed E-state index contributed by atoms with van der Waals surface area (Å²) in [4.78, 5) is 27.2. The van der Waals surface area contributed by atoms with Gasteiger partial charge in [0, 0.05) is 31.7 Å². The zero-order valence-electron chi connectivity index (χ0n) is 16.6. The Labute approximate surface area is 180 Å². The number of nitrogens with zero attached hydrogens (tertiary/aromatic N) is 2. The van der Waals surface area contributed by atoms with Crippen LogP contribution in [0.5, 0.6) is 0 Å². The van der Waals surface area contributed by atoms with E-state index in [0.717, 1.165) is 42.8 Å². The fourth-order valence-electron chi connectivity index (χ4n) is 4.04. The van der Waals surface area contributed by atoms with E-state index in [-0.39, 0.29) is 22.6 Å². The molecule has 4 rings (SSSR count). The van der Waals surface area contributed by atoms with Gasteiger partial charge in [0.15, 0.2) is 0 Å². The number of rotatable bonds is 6. The van der Waals surface area contributed by atoms with Gasteiger partial charge in [-0.15, -0.1) is 11.3 Å². The number of benzene rings is 1. The molecule has 30 heavy (non-hydrogen) atoms. The second kappa shape index (κ2) is 8.87. The first-order valence-corrected chi connectivity index (χ1v) is 12.5. The summed E-state index contributed by atoms with van der Waals surface area (Å²) in [6.07, 6.45) is 3.23. The molecule has 0 radical (unpaired) electrons. The number of amides is 2. The van der Waals surface area contributed by atoms with Crippen LogP contribution in [0, 0.1) is 0 Å². The third-order valence-electron chi connectivity index (χ3n) is 5.60. The molecule has 2 aliphatic rings. The third kappa shape index (κ3) is 4.28. The number of hydrogen-bond donors (Lipinski definition) is 1. The van der Waals surface area contributed by atoms with Crippen LogP contribution in [0.25, 0.3) is 0 Å². The predicted octanol–water partition coefficient (Wildman–Crippen LogP) is 2.45. The van der Waals surface area contributed by atoms with Crippen molar-refractivity contribution in [2.24, 2.45) is 0 Å². The number of likely N-dealkylation sites (tertiary alicyclic amines) is 1. The molecule has 1 N–H and O–H groups in total. The topological polar surface area (TPSA) is 86.8 Å². The van der Waals surface area contributed by atoms with Crippen molar-refractivity contribution in [2.75, 3.05) is 19.6 Å². The molecule has 0 bridgehead atoms. The number of sulfonamides is 1. The molecule has 0 saturated carbocycles. The van der Waals surface area contributed by atoms with Gasteiger partial charge in [-0.2, -0.15) is 4.31 Å². The van der Waals surface area contributed by atoms with E-state index in [9.17, 15) is 18.0 Å². The summed E-state index contributed by atoms with van der Waals surface area (Å²) in [5.41, 5.74) is 1.44. The number of carbonyl (C=O) groups excluding carboxylic acids is 2. The van der Waals surface area contributed by atoms with Crippen molar-refractivity contribution in [3.8, 4) is 0 Å². The minimum Gasteiger partial charge on any atom is -0.351 e. The summed E-state index contributed by atoms with van der Waals surface area (Å²) in [7, 11) is -3.66. The molecule has 2 saturated heterocycles. The Balaban J connectivity index is 1.41. The fourth-order valence-corrected chi connectivity index (χ4v) is 6.82. The largest absolute Gasteiger partial charge is 0.351 e. The number of carbonyl (C=O) groups is 2. The molecule has 2 aliphatic heterocycles. The summed E-state index contributed by atoms with van der Waals surface area (Å²) in [5, 5.41) is 4.57. The average Bonchev–Trinajstić information content (AvgIpc) is 3.52. The average molecular weight is 448 g/mol. The highest BCUT2D eigenvalue weighted by Gasteiger charge is 2.39. The molecule has 0 spiro atoms. The Morgan fingerprint density at radius 2 is 1.87 bits per heavy atom. The summed E-state index contributed by atoms with van der Waals surface area (Å²) in [6, 6.07) is 9.82. The molecule has 2 fully saturated rings. The van der Waals surface area contributed by atoms with E-state index in [1.807, 2.05) is 17.0 Å². The highest BCUT2D eigenvalue weighted by molar-refractivity contribution is 7.91. The zero-order valence-corrected chi connectivity index (χ0v) is 18.3. The number of hydrogen-bond acceptors (Lipinski definition) is 5. The van der Waals surface area contributed by atoms with Crippen LogP contribution in [0.2, 0.25) is 0 Å². The van der Waals surface area contributed by atoms with Gasteiger partial charge in [0.25, 0.3) is 15.9 Å². The SMILES string of the molecule is O=C(NCc1cccc(C(=O)N2CCCC2)c1)[C@@H]1CCCN1S(=O)(=O)c1cccs1. The first-order valence-electron chi connectivity index (χ1n) is 10.2. The molecular formula is C21H25N3O4S2. The van der Waals surface area contributed by atoms with Gasteiger partial charge in [-0.25, -0.2) is 8.42 Å². The van der Waals surface area contributed by atoms with Crippen molar-refractivity contribution in [2.45, 2.75) is 42.5 Å². The second-order valence-electron chi connectivity index (χ2n) is 7.62. The molecule has 1 aromatic heterocycles. The molecule has 1 atom stereocenters. The quantitative estimate of drug-likeness (QED) is 0.737. The molecule has 1 aromatic carbocycles. The molecule has 7 nitrogen and oxygen atoms in total. The van der Waals surface area contributed by atoms with E-state index >= 15 is 0 Å². The van der Waals surface area contributed by atoms with Crippen molar-refractivity contribution in [1.29, 1.82) is 0 Å². The van der Waals surface area contributed by atoms with Gasteiger partial charge in [-0.1, -0.05) is 18.2 Å². The minimum atomic E-state index is -3.66. The Morgan fingerprint density at radius 1 is 1.07 bits per heavy atom. The second-order valence-corrected chi connectivity index (χ2v) is 10.7. The van der Waals surface area contributed by atoms with Gasteiger partial charge in [0.1, 0.15) is 10.3 Å². The summed E-state index contributed by atoms with van der Waals surface area (Å²) >= 11 is 1.16. The van der Waals surface area contributed by atoms with Crippen LogP contribution in [0.3, 0.4) is 0 Å². The number of nitrogens with one attached hydrogen (secondary N) is 1. The maximum Gasteiger partial charge on any atom is 0.253 e. The van der Waals surface area contributed by atoms with Crippen molar-refractivity contribution < 1.29 is 18.0 Å². The highest BCUT2D eigenvalue weighted by atomic mass is 32.2. The van der Waals surface area contributed by atoms with Crippen LogP contribution in [-0.2, 0) is 21.4 Å². The van der Waals surface area contributed by atoms with E-state index in [1.165, 1.54) is 4.31 Å². The van der Waals surface area contributed by atoms with E-state index in [2.05, 4.69) is 5.32 Å². The van der Waals surface area contributed by atoms with Crippen molar-refractivity contribution in [1.82, 2.24) is 14.5 Å². The van der Waals surface area contributed by atoms with Gasteiger partial charge in [-0.05, 0) is 54.8 Å². The summed E-state index contributed by atoms with van der Waals surface area (Å²) in [5.74, 6) is -0.284. The third-order valence-corrected chi connectivity index (χ3v) is 8.88. The molecule has 0 aliphatic carbocycles. The summed E-state index contributed by atoms with van der Waals surface area (Å²) < 4.78 is 27.3. The Hall–Kier alpha value is -2.23.